The van der Waals surface area contributed by atoms with Gasteiger partial charge in [-0.3, -0.25) is 4.79 Å². The van der Waals surface area contributed by atoms with E-state index in [1.165, 1.54) is 0 Å². The highest BCUT2D eigenvalue weighted by molar-refractivity contribution is 5.79. The summed E-state index contributed by atoms with van der Waals surface area (Å²) in [6.07, 6.45) is -0.521. The van der Waals surface area contributed by atoms with Gasteiger partial charge in [0.15, 0.2) is 11.9 Å². The van der Waals surface area contributed by atoms with Crippen LogP contribution in [0.25, 0.3) is 0 Å². The van der Waals surface area contributed by atoms with E-state index in [4.69, 9.17) is 23.7 Å². The van der Waals surface area contributed by atoms with E-state index in [0.29, 0.717) is 13.0 Å². The van der Waals surface area contributed by atoms with Crippen molar-refractivity contribution in [2.45, 2.75) is 77.8 Å². The molecule has 2 fully saturated rings. The molecular formula is C23H32O7. The fraction of sp³-hybridized carbons (Fsp3) is 0.652. The fourth-order valence-corrected chi connectivity index (χ4v) is 4.04. The third-order valence-corrected chi connectivity index (χ3v) is 5.87. The maximum atomic E-state index is 12.6. The van der Waals surface area contributed by atoms with Crippen LogP contribution in [-0.2, 0) is 35.1 Å². The molecule has 2 heterocycles. The number of aldehydes is 1. The molecule has 2 aliphatic rings. The van der Waals surface area contributed by atoms with Crippen molar-refractivity contribution in [3.8, 4) is 5.75 Å². The van der Waals surface area contributed by atoms with E-state index in [9.17, 15) is 9.59 Å². The van der Waals surface area contributed by atoms with Gasteiger partial charge in [0.05, 0.1) is 25.2 Å². The molecule has 7 nitrogen and oxygen atoms in total. The molecule has 7 heteroatoms. The topological polar surface area (TPSA) is 80.3 Å². The molecule has 1 aromatic carbocycles. The lowest BCUT2D eigenvalue weighted by Crippen LogP contribution is -2.54. The first-order valence-electron chi connectivity index (χ1n) is 10.3. The predicted octanol–water partition coefficient (Wildman–Crippen LogP) is 3.28. The Hall–Kier alpha value is -1.96. The van der Waals surface area contributed by atoms with Gasteiger partial charge in [0, 0.05) is 12.3 Å². The van der Waals surface area contributed by atoms with Crippen LogP contribution in [0.2, 0.25) is 0 Å². The maximum Gasteiger partial charge on any atom is 0.314 e. The van der Waals surface area contributed by atoms with Crippen LogP contribution in [0.3, 0.4) is 0 Å². The predicted molar refractivity (Wildman–Crippen MR) is 109 cm³/mol. The molecule has 0 N–H and O–H groups in total. The number of esters is 1. The van der Waals surface area contributed by atoms with Crippen molar-refractivity contribution in [3.05, 3.63) is 29.8 Å². The Balaban J connectivity index is 1.78. The van der Waals surface area contributed by atoms with Gasteiger partial charge in [0.2, 0.25) is 0 Å². The van der Waals surface area contributed by atoms with Crippen molar-refractivity contribution in [1.29, 1.82) is 0 Å². The van der Waals surface area contributed by atoms with Crippen LogP contribution >= 0.6 is 0 Å². The van der Waals surface area contributed by atoms with E-state index in [0.717, 1.165) is 17.6 Å². The van der Waals surface area contributed by atoms with Crippen molar-refractivity contribution < 1.29 is 33.3 Å². The largest absolute Gasteiger partial charge is 0.497 e. The second kappa shape index (κ2) is 8.65. The fourth-order valence-electron chi connectivity index (χ4n) is 4.04. The second-order valence-electron chi connectivity index (χ2n) is 9.11. The number of hydrogen-bond acceptors (Lipinski definition) is 7. The minimum Gasteiger partial charge on any atom is -0.497 e. The van der Waals surface area contributed by atoms with E-state index >= 15 is 0 Å². The molecule has 166 valence electrons. The van der Waals surface area contributed by atoms with Gasteiger partial charge in [-0.1, -0.05) is 19.1 Å². The Kier molecular flexibility index (Phi) is 6.55. The van der Waals surface area contributed by atoms with Gasteiger partial charge in [-0.05, 0) is 45.4 Å². The number of benzene rings is 1. The average Bonchev–Trinajstić information content (AvgIpc) is 2.93. The zero-order valence-corrected chi connectivity index (χ0v) is 18.5. The SMILES string of the molecule is COc1ccc(CO[C@H]2[C@@H]([C@@H]3C[C@@H]([C@@H](C)C=O)OC(C)(C)O3)OC(=O)C2(C)C)cc1. The minimum absolute atomic E-state index is 0.292. The molecule has 0 saturated carbocycles. The highest BCUT2D eigenvalue weighted by Crippen LogP contribution is 2.42. The third kappa shape index (κ3) is 4.68. The Bertz CT molecular complexity index is 755. The van der Waals surface area contributed by atoms with Gasteiger partial charge in [-0.25, -0.2) is 0 Å². The van der Waals surface area contributed by atoms with Gasteiger partial charge in [0.1, 0.15) is 24.2 Å². The molecule has 0 radical (unpaired) electrons. The number of rotatable bonds is 7. The van der Waals surface area contributed by atoms with Crippen LogP contribution in [0.15, 0.2) is 24.3 Å². The molecule has 0 spiro atoms. The lowest BCUT2D eigenvalue weighted by Gasteiger charge is -2.44. The van der Waals surface area contributed by atoms with E-state index in [-0.39, 0.29) is 18.0 Å². The lowest BCUT2D eigenvalue weighted by atomic mass is 9.83. The van der Waals surface area contributed by atoms with E-state index in [1.807, 2.05) is 45.0 Å². The first-order chi connectivity index (χ1) is 14.1. The normalized spacial score (nSPS) is 31.1. The summed E-state index contributed by atoms with van der Waals surface area (Å²) in [4.78, 5) is 24.0. The van der Waals surface area contributed by atoms with E-state index in [1.54, 1.807) is 21.0 Å². The monoisotopic (exact) mass is 420 g/mol. The number of carbonyl (C=O) groups excluding carboxylic acids is 2. The Labute approximate surface area is 178 Å². The average molecular weight is 421 g/mol. The summed E-state index contributed by atoms with van der Waals surface area (Å²) in [5.41, 5.74) is 0.139. The first kappa shape index (κ1) is 22.7. The molecule has 0 amide bonds. The van der Waals surface area contributed by atoms with Crippen LogP contribution in [0, 0.1) is 11.3 Å². The Morgan fingerprint density at radius 2 is 1.83 bits per heavy atom. The van der Waals surface area contributed by atoms with Crippen molar-refractivity contribution in [2.24, 2.45) is 11.3 Å². The highest BCUT2D eigenvalue weighted by Gasteiger charge is 2.57. The van der Waals surface area contributed by atoms with Gasteiger partial charge >= 0.3 is 5.97 Å². The number of hydrogen-bond donors (Lipinski definition) is 0. The third-order valence-electron chi connectivity index (χ3n) is 5.87. The lowest BCUT2D eigenvalue weighted by molar-refractivity contribution is -0.321. The zero-order valence-electron chi connectivity index (χ0n) is 18.5. The molecule has 0 aromatic heterocycles. The quantitative estimate of drug-likeness (QED) is 0.495. The summed E-state index contributed by atoms with van der Waals surface area (Å²) in [5.74, 6) is -0.742. The zero-order chi connectivity index (χ0) is 22.1. The van der Waals surface area contributed by atoms with Crippen LogP contribution in [-0.4, -0.2) is 49.6 Å². The smallest absolute Gasteiger partial charge is 0.314 e. The molecular weight excluding hydrogens is 388 g/mol. The summed E-state index contributed by atoms with van der Waals surface area (Å²) in [7, 11) is 1.62. The van der Waals surface area contributed by atoms with E-state index < -0.39 is 29.5 Å². The number of carbonyl (C=O) groups is 2. The minimum atomic E-state index is -0.898. The van der Waals surface area contributed by atoms with Crippen LogP contribution in [0.5, 0.6) is 5.75 Å². The van der Waals surface area contributed by atoms with Crippen molar-refractivity contribution >= 4 is 12.3 Å². The molecule has 30 heavy (non-hydrogen) atoms. The summed E-state index contributed by atoms with van der Waals surface area (Å²) >= 11 is 0. The first-order valence-corrected chi connectivity index (χ1v) is 10.3. The summed E-state index contributed by atoms with van der Waals surface area (Å²) in [6.45, 7) is 9.40. The number of ether oxygens (including phenoxy) is 5. The summed E-state index contributed by atoms with van der Waals surface area (Å²) in [5, 5.41) is 0. The summed E-state index contributed by atoms with van der Waals surface area (Å²) < 4.78 is 29.2. The standard InChI is InChI=1S/C23H32O7/c1-14(12-24)17-11-18(30-23(4,5)29-17)19-20(22(2,3)21(25)28-19)27-13-15-7-9-16(26-6)10-8-15/h7-10,12,14,17-20H,11,13H2,1-6H3/t14-,17-,18-,19+,20-/m0/s1. The molecule has 0 bridgehead atoms. The van der Waals surface area contributed by atoms with Crippen molar-refractivity contribution in [1.82, 2.24) is 0 Å². The second-order valence-corrected chi connectivity index (χ2v) is 9.11. The number of methoxy groups -OCH3 is 1. The Morgan fingerprint density at radius 1 is 1.17 bits per heavy atom. The molecule has 1 aromatic rings. The van der Waals surface area contributed by atoms with E-state index in [2.05, 4.69) is 0 Å². The summed E-state index contributed by atoms with van der Waals surface area (Å²) in [6, 6.07) is 7.59. The molecule has 2 aliphatic heterocycles. The van der Waals surface area contributed by atoms with Gasteiger partial charge < -0.3 is 28.5 Å². The van der Waals surface area contributed by atoms with Crippen molar-refractivity contribution in [3.63, 3.8) is 0 Å². The van der Waals surface area contributed by atoms with Gasteiger partial charge in [0.25, 0.3) is 0 Å². The molecule has 2 saturated heterocycles. The highest BCUT2D eigenvalue weighted by atomic mass is 16.7. The van der Waals surface area contributed by atoms with Crippen LogP contribution in [0.1, 0.15) is 46.6 Å². The van der Waals surface area contributed by atoms with Crippen molar-refractivity contribution in [2.75, 3.05) is 7.11 Å². The van der Waals surface area contributed by atoms with Gasteiger partial charge in [-0.2, -0.15) is 0 Å². The Morgan fingerprint density at radius 3 is 2.43 bits per heavy atom. The molecule has 0 aliphatic carbocycles. The van der Waals surface area contributed by atoms with Crippen LogP contribution < -0.4 is 4.74 Å². The molecule has 3 rings (SSSR count). The maximum absolute atomic E-state index is 12.6. The molecule has 0 unspecified atom stereocenters. The molecule has 5 atom stereocenters. The van der Waals surface area contributed by atoms with Crippen LogP contribution in [0.4, 0.5) is 0 Å². The number of cyclic esters (lactones) is 1. The van der Waals surface area contributed by atoms with Gasteiger partial charge in [-0.15, -0.1) is 0 Å².